The first-order valence-corrected chi connectivity index (χ1v) is 3.50. The van der Waals surface area contributed by atoms with Gasteiger partial charge in [-0.2, -0.15) is 0 Å². The summed E-state index contributed by atoms with van der Waals surface area (Å²) in [5, 5.41) is 0. The summed E-state index contributed by atoms with van der Waals surface area (Å²) in [7, 11) is 0. The minimum atomic E-state index is 0. The summed E-state index contributed by atoms with van der Waals surface area (Å²) >= 11 is 0. The Hall–Kier alpha value is -1.15. The highest BCUT2D eigenvalue weighted by Crippen LogP contribution is 2.14. The van der Waals surface area contributed by atoms with E-state index in [-0.39, 0.29) is 18.2 Å². The van der Waals surface area contributed by atoms with Crippen LogP contribution in [0.2, 0.25) is 0 Å². The zero-order valence-electron chi connectivity index (χ0n) is 6.36. The quantitative estimate of drug-likeness (QED) is 0.609. The van der Waals surface area contributed by atoms with E-state index in [4.69, 9.17) is 0 Å². The van der Waals surface area contributed by atoms with Crippen LogP contribution in [0.4, 0.5) is 0 Å². The number of ketones is 1. The molecule has 0 N–H and O–H groups in total. The van der Waals surface area contributed by atoms with Crippen molar-refractivity contribution in [1.29, 1.82) is 0 Å². The van der Waals surface area contributed by atoms with Crippen molar-refractivity contribution in [1.82, 2.24) is 4.98 Å². The van der Waals surface area contributed by atoms with Gasteiger partial charge in [0.25, 0.3) is 0 Å². The van der Waals surface area contributed by atoms with E-state index in [2.05, 4.69) is 4.98 Å². The van der Waals surface area contributed by atoms with E-state index >= 15 is 0 Å². The number of hydrogen-bond acceptors (Lipinski definition) is 2. The van der Waals surface area contributed by atoms with Crippen LogP contribution in [0.1, 0.15) is 11.1 Å². The lowest BCUT2D eigenvalue weighted by molar-refractivity contribution is -0.114. The van der Waals surface area contributed by atoms with Crippen LogP contribution >= 0.6 is 12.4 Å². The summed E-state index contributed by atoms with van der Waals surface area (Å²) < 4.78 is 0. The molecule has 0 spiro atoms. The first kappa shape index (κ1) is 8.94. The molecule has 0 aromatic carbocycles. The predicted molar refractivity (Wildman–Crippen MR) is 49.2 cm³/mol. The highest BCUT2D eigenvalue weighted by molar-refractivity contribution is 5.98. The normalized spacial score (nSPS) is 13.5. The van der Waals surface area contributed by atoms with Gasteiger partial charge >= 0.3 is 0 Å². The van der Waals surface area contributed by atoms with E-state index in [0.717, 1.165) is 11.1 Å². The molecule has 62 valence electrons. The SMILES string of the molecule is Cl.O=C1C=Cc2cnccc2C1. The van der Waals surface area contributed by atoms with Crippen LogP contribution in [-0.4, -0.2) is 10.8 Å². The van der Waals surface area contributed by atoms with Gasteiger partial charge < -0.3 is 0 Å². The van der Waals surface area contributed by atoms with Gasteiger partial charge in [-0.05, 0) is 29.3 Å². The van der Waals surface area contributed by atoms with E-state index < -0.39 is 0 Å². The number of hydrogen-bond donors (Lipinski definition) is 0. The Morgan fingerprint density at radius 3 is 3.00 bits per heavy atom. The Morgan fingerprint density at radius 1 is 1.33 bits per heavy atom. The third-order valence-corrected chi connectivity index (χ3v) is 1.76. The fourth-order valence-electron chi connectivity index (χ4n) is 1.18. The molecule has 2 nitrogen and oxygen atoms in total. The molecular weight excluding hydrogens is 174 g/mol. The molecule has 0 amide bonds. The molecule has 1 aromatic rings. The lowest BCUT2D eigenvalue weighted by Gasteiger charge is -2.06. The molecule has 0 saturated carbocycles. The largest absolute Gasteiger partial charge is 0.294 e. The van der Waals surface area contributed by atoms with E-state index in [1.165, 1.54) is 0 Å². The first-order valence-electron chi connectivity index (χ1n) is 3.50. The molecule has 0 unspecified atom stereocenters. The number of allylic oxidation sites excluding steroid dienone is 1. The Labute approximate surface area is 76.7 Å². The van der Waals surface area contributed by atoms with Crippen LogP contribution in [0, 0.1) is 0 Å². The number of rotatable bonds is 0. The van der Waals surface area contributed by atoms with E-state index in [1.54, 1.807) is 18.5 Å². The second-order valence-electron chi connectivity index (χ2n) is 2.55. The van der Waals surface area contributed by atoms with Crippen molar-refractivity contribution < 1.29 is 4.79 Å². The van der Waals surface area contributed by atoms with Gasteiger partial charge in [0.2, 0.25) is 0 Å². The second kappa shape index (κ2) is 3.50. The smallest absolute Gasteiger partial charge is 0.160 e. The molecule has 1 heterocycles. The number of carbonyl (C=O) groups is 1. The molecule has 0 saturated heterocycles. The lowest BCUT2D eigenvalue weighted by Crippen LogP contribution is -2.04. The van der Waals surface area contributed by atoms with Crippen LogP contribution in [-0.2, 0) is 11.2 Å². The van der Waals surface area contributed by atoms with Crippen LogP contribution in [0.15, 0.2) is 24.5 Å². The number of nitrogens with zero attached hydrogens (tertiary/aromatic N) is 1. The number of halogens is 1. The molecule has 0 fully saturated rings. The van der Waals surface area contributed by atoms with Gasteiger partial charge in [0.05, 0.1) is 0 Å². The van der Waals surface area contributed by atoms with Crippen molar-refractivity contribution in [2.45, 2.75) is 6.42 Å². The monoisotopic (exact) mass is 181 g/mol. The highest BCUT2D eigenvalue weighted by atomic mass is 35.5. The average Bonchev–Trinajstić information content (AvgIpc) is 2.04. The van der Waals surface area contributed by atoms with Crippen molar-refractivity contribution in [2.24, 2.45) is 0 Å². The first-order chi connectivity index (χ1) is 5.36. The summed E-state index contributed by atoms with van der Waals surface area (Å²) in [5.41, 5.74) is 2.14. The van der Waals surface area contributed by atoms with Crippen molar-refractivity contribution in [2.75, 3.05) is 0 Å². The maximum Gasteiger partial charge on any atom is 0.160 e. The molecule has 3 heteroatoms. The summed E-state index contributed by atoms with van der Waals surface area (Å²) in [6.45, 7) is 0. The van der Waals surface area contributed by atoms with Gasteiger partial charge in [-0.3, -0.25) is 9.78 Å². The predicted octanol–water partition coefficient (Wildman–Crippen LogP) is 1.64. The van der Waals surface area contributed by atoms with E-state index in [9.17, 15) is 4.79 Å². The highest BCUT2D eigenvalue weighted by Gasteiger charge is 2.08. The minimum absolute atomic E-state index is 0. The number of pyridine rings is 1. The minimum Gasteiger partial charge on any atom is -0.294 e. The van der Waals surface area contributed by atoms with Crippen LogP contribution < -0.4 is 0 Å². The fraction of sp³-hybridized carbons (Fsp3) is 0.111. The van der Waals surface area contributed by atoms with E-state index in [1.807, 2.05) is 12.1 Å². The molecule has 0 aliphatic heterocycles. The zero-order chi connectivity index (χ0) is 7.68. The summed E-state index contributed by atoms with van der Waals surface area (Å²) in [4.78, 5) is 14.9. The lowest BCUT2D eigenvalue weighted by atomic mass is 9.99. The molecule has 0 atom stereocenters. The van der Waals surface area contributed by atoms with Crippen molar-refractivity contribution in [3.05, 3.63) is 35.7 Å². The van der Waals surface area contributed by atoms with E-state index in [0.29, 0.717) is 6.42 Å². The maximum absolute atomic E-state index is 10.9. The Bertz CT molecular complexity index is 333. The summed E-state index contributed by atoms with van der Waals surface area (Å²) in [5.74, 6) is 0.170. The molecular formula is C9H8ClNO. The zero-order valence-corrected chi connectivity index (χ0v) is 7.17. The maximum atomic E-state index is 10.9. The van der Waals surface area contributed by atoms with Crippen LogP contribution in [0.25, 0.3) is 6.08 Å². The molecule has 1 aliphatic rings. The van der Waals surface area contributed by atoms with Gasteiger partial charge in [0.1, 0.15) is 0 Å². The Balaban J connectivity index is 0.000000720. The third kappa shape index (κ3) is 1.53. The molecule has 1 aliphatic carbocycles. The fourth-order valence-corrected chi connectivity index (χ4v) is 1.18. The van der Waals surface area contributed by atoms with Gasteiger partial charge in [0, 0.05) is 18.8 Å². The molecule has 2 rings (SSSR count). The van der Waals surface area contributed by atoms with Crippen molar-refractivity contribution in [3.8, 4) is 0 Å². The van der Waals surface area contributed by atoms with Crippen molar-refractivity contribution in [3.63, 3.8) is 0 Å². The molecule has 0 bridgehead atoms. The summed E-state index contributed by atoms with van der Waals surface area (Å²) in [6, 6.07) is 1.89. The topological polar surface area (TPSA) is 30.0 Å². The standard InChI is InChI=1S/C9H7NO.ClH/c11-9-2-1-8-6-10-4-3-7(8)5-9;/h1-4,6H,5H2;1H. The average molecular weight is 182 g/mol. The number of carbonyl (C=O) groups excluding carboxylic acids is 1. The Morgan fingerprint density at radius 2 is 2.17 bits per heavy atom. The molecule has 12 heavy (non-hydrogen) atoms. The van der Waals surface area contributed by atoms with Gasteiger partial charge in [0.15, 0.2) is 5.78 Å². The molecule has 0 radical (unpaired) electrons. The number of fused-ring (bicyclic) bond motifs is 1. The van der Waals surface area contributed by atoms with Crippen molar-refractivity contribution >= 4 is 24.3 Å². The van der Waals surface area contributed by atoms with Gasteiger partial charge in [-0.15, -0.1) is 12.4 Å². The van der Waals surface area contributed by atoms with Crippen LogP contribution in [0.5, 0.6) is 0 Å². The second-order valence-corrected chi connectivity index (χ2v) is 2.55. The van der Waals surface area contributed by atoms with Gasteiger partial charge in [-0.25, -0.2) is 0 Å². The molecule has 1 aromatic heterocycles. The van der Waals surface area contributed by atoms with Gasteiger partial charge in [-0.1, -0.05) is 0 Å². The van der Waals surface area contributed by atoms with Crippen LogP contribution in [0.3, 0.4) is 0 Å². The third-order valence-electron chi connectivity index (χ3n) is 1.76. The Kier molecular flexibility index (Phi) is 2.61. The summed E-state index contributed by atoms with van der Waals surface area (Å²) in [6.07, 6.45) is 7.43. The number of aromatic nitrogens is 1.